The summed E-state index contributed by atoms with van der Waals surface area (Å²) in [6.45, 7) is 10.0. The van der Waals surface area contributed by atoms with Crippen LogP contribution in [0.15, 0.2) is 0 Å². The van der Waals surface area contributed by atoms with Crippen molar-refractivity contribution in [3.63, 3.8) is 0 Å². The smallest absolute Gasteiger partial charge is 0.457 e. The third kappa shape index (κ3) is 3.58. The van der Waals surface area contributed by atoms with Gasteiger partial charge >= 0.3 is 13.1 Å². The molecule has 2 heterocycles. The van der Waals surface area contributed by atoms with Crippen LogP contribution in [0.1, 0.15) is 72.1 Å². The summed E-state index contributed by atoms with van der Waals surface area (Å²) in [6, 6.07) is 0. The first-order valence-corrected chi connectivity index (χ1v) is 12.7. The monoisotopic (exact) mass is 432 g/mol. The highest BCUT2D eigenvalue weighted by atomic mass is 16.7. The average Bonchev–Trinajstić information content (AvgIpc) is 3.34. The second-order valence-corrected chi connectivity index (χ2v) is 12.2. The molecule has 174 valence electrons. The Morgan fingerprint density at radius 3 is 2.61 bits per heavy atom. The Hall–Kier alpha value is -0.625. The largest absolute Gasteiger partial charge is 0.480 e. The molecule has 4 saturated carbocycles. The zero-order valence-corrected chi connectivity index (χ0v) is 19.6. The van der Waals surface area contributed by atoms with Gasteiger partial charge in [0.05, 0.1) is 11.7 Å². The van der Waals surface area contributed by atoms with Gasteiger partial charge in [-0.15, -0.1) is 0 Å². The Labute approximate surface area is 187 Å². The second-order valence-electron chi connectivity index (χ2n) is 12.2. The lowest BCUT2D eigenvalue weighted by molar-refractivity contribution is -0.199. The normalized spacial score (nSPS) is 46.6. The van der Waals surface area contributed by atoms with E-state index in [2.05, 4.69) is 25.7 Å². The van der Waals surface area contributed by atoms with Gasteiger partial charge in [-0.1, -0.05) is 20.3 Å². The summed E-state index contributed by atoms with van der Waals surface area (Å²) >= 11 is 0. The van der Waals surface area contributed by atoms with E-state index in [0.29, 0.717) is 23.7 Å². The number of carboxylic acids is 1. The molecule has 0 aromatic heterocycles. The molecule has 6 rings (SSSR count). The molecule has 6 nitrogen and oxygen atoms in total. The highest BCUT2D eigenvalue weighted by molar-refractivity contribution is 6.45. The number of rotatable bonds is 6. The quantitative estimate of drug-likeness (QED) is 0.626. The van der Waals surface area contributed by atoms with E-state index in [9.17, 15) is 9.90 Å². The Bertz CT molecular complexity index is 714. The van der Waals surface area contributed by atoms with Crippen LogP contribution < -0.4 is 5.73 Å². The molecule has 0 spiro atoms. The van der Waals surface area contributed by atoms with Gasteiger partial charge in [0.2, 0.25) is 0 Å². The molecule has 7 unspecified atom stereocenters. The summed E-state index contributed by atoms with van der Waals surface area (Å²) in [5.74, 6) is 0.906. The van der Waals surface area contributed by atoms with Crippen molar-refractivity contribution in [3.8, 4) is 0 Å². The lowest BCUT2D eigenvalue weighted by Crippen LogP contribution is -2.65. The molecule has 2 saturated heterocycles. The van der Waals surface area contributed by atoms with Crippen LogP contribution in [0, 0.1) is 29.1 Å². The fourth-order valence-electron chi connectivity index (χ4n) is 7.93. The molecule has 2 aliphatic heterocycles. The van der Waals surface area contributed by atoms with E-state index in [1.807, 2.05) is 0 Å². The van der Waals surface area contributed by atoms with Gasteiger partial charge in [-0.3, -0.25) is 4.79 Å². The molecule has 4 aliphatic carbocycles. The summed E-state index contributed by atoms with van der Waals surface area (Å²) in [6.07, 6.45) is 9.39. The minimum absolute atomic E-state index is 0.0501. The Morgan fingerprint density at radius 1 is 1.19 bits per heavy atom. The number of aliphatic carboxylic acids is 1. The molecule has 0 aromatic rings. The van der Waals surface area contributed by atoms with Crippen molar-refractivity contribution >= 4 is 13.1 Å². The van der Waals surface area contributed by atoms with Gasteiger partial charge in [-0.05, 0) is 94.4 Å². The van der Waals surface area contributed by atoms with Gasteiger partial charge < -0.3 is 25.0 Å². The van der Waals surface area contributed by atoms with E-state index >= 15 is 0 Å². The molecule has 3 N–H and O–H groups in total. The molecule has 31 heavy (non-hydrogen) atoms. The zero-order valence-electron chi connectivity index (χ0n) is 19.6. The maximum absolute atomic E-state index is 12.2. The van der Waals surface area contributed by atoms with Crippen LogP contribution in [0.4, 0.5) is 0 Å². The van der Waals surface area contributed by atoms with Gasteiger partial charge in [-0.2, -0.15) is 0 Å². The van der Waals surface area contributed by atoms with Gasteiger partial charge in [0, 0.05) is 12.5 Å². The minimum atomic E-state index is -1.10. The third-order valence-electron chi connectivity index (χ3n) is 10.2. The van der Waals surface area contributed by atoms with E-state index in [1.54, 1.807) is 0 Å². The van der Waals surface area contributed by atoms with Crippen molar-refractivity contribution in [2.24, 2.45) is 34.8 Å². The van der Waals surface area contributed by atoms with E-state index in [0.717, 1.165) is 57.6 Å². The lowest BCUT2D eigenvalue weighted by atomic mass is 9.43. The molecule has 7 atom stereocenters. The van der Waals surface area contributed by atoms with Gasteiger partial charge in [0.15, 0.2) is 0 Å². The predicted molar refractivity (Wildman–Crippen MR) is 121 cm³/mol. The summed E-state index contributed by atoms with van der Waals surface area (Å²) < 4.78 is 12.9. The topological polar surface area (TPSA) is 85.0 Å². The predicted octanol–water partition coefficient (Wildman–Crippen LogP) is 3.40. The average molecular weight is 432 g/mol. The SMILES string of the molecule is CC1(C)C2CC3OB(CCC4CCC(CN5CCCC5)C(N)(C(=O)O)C4)OC3(C)C1C2. The van der Waals surface area contributed by atoms with Gasteiger partial charge in [-0.25, -0.2) is 0 Å². The number of nitrogens with zero attached hydrogens (tertiary/aromatic N) is 1. The first-order chi connectivity index (χ1) is 14.6. The number of carbonyl (C=O) groups is 1. The number of nitrogens with two attached hydrogens (primary N) is 1. The number of hydrogen-bond acceptors (Lipinski definition) is 5. The molecule has 0 amide bonds. The highest BCUT2D eigenvalue weighted by Gasteiger charge is 2.67. The van der Waals surface area contributed by atoms with E-state index in [-0.39, 0.29) is 24.7 Å². The van der Waals surface area contributed by atoms with Gasteiger partial charge in [0.25, 0.3) is 0 Å². The molecule has 0 radical (unpaired) electrons. The molecule has 0 aromatic carbocycles. The van der Waals surface area contributed by atoms with Crippen LogP contribution in [0.3, 0.4) is 0 Å². The third-order valence-corrected chi connectivity index (χ3v) is 10.2. The molecule has 6 fully saturated rings. The molecular weight excluding hydrogens is 391 g/mol. The fourth-order valence-corrected chi connectivity index (χ4v) is 7.93. The minimum Gasteiger partial charge on any atom is -0.480 e. The van der Waals surface area contributed by atoms with Crippen molar-refractivity contribution in [1.82, 2.24) is 4.90 Å². The summed E-state index contributed by atoms with van der Waals surface area (Å²) in [5.41, 5.74) is 5.68. The van der Waals surface area contributed by atoms with Crippen molar-refractivity contribution in [2.75, 3.05) is 19.6 Å². The van der Waals surface area contributed by atoms with E-state index in [4.69, 9.17) is 15.0 Å². The zero-order chi connectivity index (χ0) is 22.0. The fraction of sp³-hybridized carbons (Fsp3) is 0.958. The number of carboxylic acid groups (broad SMARTS) is 1. The van der Waals surface area contributed by atoms with Crippen LogP contribution in [-0.2, 0) is 14.1 Å². The first kappa shape index (κ1) is 22.2. The lowest BCUT2D eigenvalue weighted by Gasteiger charge is -2.64. The van der Waals surface area contributed by atoms with Crippen LogP contribution in [0.2, 0.25) is 6.32 Å². The van der Waals surface area contributed by atoms with Crippen LogP contribution in [0.5, 0.6) is 0 Å². The van der Waals surface area contributed by atoms with Crippen molar-refractivity contribution in [3.05, 3.63) is 0 Å². The van der Waals surface area contributed by atoms with E-state index < -0.39 is 11.5 Å². The number of hydrogen-bond donors (Lipinski definition) is 2. The van der Waals surface area contributed by atoms with Gasteiger partial charge in [0.1, 0.15) is 5.54 Å². The Morgan fingerprint density at radius 2 is 1.94 bits per heavy atom. The molecular formula is C24H41BN2O4. The highest BCUT2D eigenvalue weighted by Crippen LogP contribution is 2.65. The second kappa shape index (κ2) is 7.71. The summed E-state index contributed by atoms with van der Waals surface area (Å²) in [5, 5.41) is 10.0. The summed E-state index contributed by atoms with van der Waals surface area (Å²) in [4.78, 5) is 14.6. The van der Waals surface area contributed by atoms with Crippen molar-refractivity contribution in [1.29, 1.82) is 0 Å². The first-order valence-electron chi connectivity index (χ1n) is 12.7. The van der Waals surface area contributed by atoms with Crippen molar-refractivity contribution in [2.45, 2.75) is 95.7 Å². The van der Waals surface area contributed by atoms with Crippen LogP contribution in [0.25, 0.3) is 0 Å². The van der Waals surface area contributed by atoms with E-state index in [1.165, 1.54) is 19.3 Å². The Balaban J connectivity index is 1.17. The van der Waals surface area contributed by atoms with Crippen LogP contribution in [-0.4, -0.2) is 60.0 Å². The number of likely N-dealkylation sites (tertiary alicyclic amines) is 1. The summed E-state index contributed by atoms with van der Waals surface area (Å²) in [7, 11) is -0.149. The maximum Gasteiger partial charge on any atom is 0.457 e. The standard InChI is InChI=1S/C24H41BN2O4/c1-22(2)18-12-19(22)23(3)20(13-18)30-25(31-23)9-8-16-6-7-17(15-27-10-4-5-11-27)24(26,14-16)21(28)29/h16-20H,4-15,26H2,1-3H3,(H,28,29). The molecule has 6 aliphatic rings. The van der Waals surface area contributed by atoms with Crippen LogP contribution >= 0.6 is 0 Å². The maximum atomic E-state index is 12.2. The molecule has 2 bridgehead atoms. The molecule has 7 heteroatoms. The Kier molecular flexibility index (Phi) is 5.52. The van der Waals surface area contributed by atoms with Crippen molar-refractivity contribution < 1.29 is 19.2 Å².